The van der Waals surface area contributed by atoms with E-state index in [1.165, 1.54) is 38.5 Å². The van der Waals surface area contributed by atoms with Crippen LogP contribution in [0.15, 0.2) is 72.1 Å². The predicted octanol–water partition coefficient (Wildman–Crippen LogP) is 4.23. The summed E-state index contributed by atoms with van der Waals surface area (Å²) in [6.45, 7) is 0.513. The summed E-state index contributed by atoms with van der Waals surface area (Å²) in [7, 11) is 2.55. The lowest BCUT2D eigenvalue weighted by Crippen LogP contribution is -2.29. The fraction of sp³-hybridized carbons (Fsp3) is 0.217. The number of hydrogen-bond donors (Lipinski definition) is 0. The Bertz CT molecular complexity index is 949. The Morgan fingerprint density at radius 3 is 1.97 bits per heavy atom. The van der Waals surface area contributed by atoms with E-state index in [1.54, 1.807) is 17.3 Å². The summed E-state index contributed by atoms with van der Waals surface area (Å²) in [5.74, 6) is -2.28. The van der Waals surface area contributed by atoms with E-state index in [9.17, 15) is 14.0 Å². The molecule has 5 nitrogen and oxygen atoms in total. The third-order valence-electron chi connectivity index (χ3n) is 4.85. The molecular weight excluding hydrogens is 409 g/mol. The molecule has 0 unspecified atom stereocenters. The van der Waals surface area contributed by atoms with Gasteiger partial charge in [-0.3, -0.25) is 0 Å². The van der Waals surface area contributed by atoms with Crippen LogP contribution in [0.1, 0.15) is 17.0 Å². The second-order valence-corrected chi connectivity index (χ2v) is 7.19. The molecule has 1 aliphatic rings. The van der Waals surface area contributed by atoms with Crippen molar-refractivity contribution in [3.8, 4) is 0 Å². The standard InChI is InChI=1S/C23H21ClFNO4/c1-29-22(27)19-13-26(12-11-15-3-7-17(24)8-4-15)14-20(23(28)30-2)21(19)16-5-9-18(25)10-6-16/h3-10,13-14,21H,11-12H2,1-2H3. The molecular formula is C23H21ClFNO4. The summed E-state index contributed by atoms with van der Waals surface area (Å²) in [5.41, 5.74) is 2.18. The van der Waals surface area contributed by atoms with Crippen LogP contribution in [-0.4, -0.2) is 37.6 Å². The van der Waals surface area contributed by atoms with E-state index >= 15 is 0 Å². The molecule has 30 heavy (non-hydrogen) atoms. The van der Waals surface area contributed by atoms with Gasteiger partial charge in [-0.05, 0) is 41.8 Å². The Labute approximate surface area is 179 Å². The van der Waals surface area contributed by atoms with E-state index in [1.807, 2.05) is 24.3 Å². The van der Waals surface area contributed by atoms with E-state index in [-0.39, 0.29) is 11.1 Å². The van der Waals surface area contributed by atoms with Gasteiger partial charge in [0.05, 0.1) is 31.3 Å². The predicted molar refractivity (Wildman–Crippen MR) is 111 cm³/mol. The first-order valence-electron chi connectivity index (χ1n) is 9.28. The number of rotatable bonds is 6. The largest absolute Gasteiger partial charge is 0.466 e. The van der Waals surface area contributed by atoms with Crippen LogP contribution >= 0.6 is 11.6 Å². The average molecular weight is 430 g/mol. The normalized spacial score (nSPS) is 14.1. The Morgan fingerprint density at radius 2 is 1.47 bits per heavy atom. The Balaban J connectivity index is 1.96. The van der Waals surface area contributed by atoms with Gasteiger partial charge in [0.2, 0.25) is 0 Å². The minimum Gasteiger partial charge on any atom is -0.466 e. The minimum absolute atomic E-state index is 0.267. The molecule has 0 bridgehead atoms. The molecule has 0 atom stereocenters. The van der Waals surface area contributed by atoms with Crippen molar-refractivity contribution < 1.29 is 23.5 Å². The maximum absolute atomic E-state index is 13.4. The highest BCUT2D eigenvalue weighted by atomic mass is 35.5. The van der Waals surface area contributed by atoms with Crippen LogP contribution in [0.25, 0.3) is 0 Å². The van der Waals surface area contributed by atoms with Crippen molar-refractivity contribution in [2.24, 2.45) is 0 Å². The number of benzene rings is 2. The molecule has 0 aliphatic carbocycles. The zero-order valence-electron chi connectivity index (χ0n) is 16.6. The molecule has 0 aromatic heterocycles. The van der Waals surface area contributed by atoms with Gasteiger partial charge >= 0.3 is 11.9 Å². The molecule has 1 heterocycles. The summed E-state index contributed by atoms with van der Waals surface area (Å²) in [6, 6.07) is 13.1. The monoisotopic (exact) mass is 429 g/mol. The number of methoxy groups -OCH3 is 2. The first-order chi connectivity index (χ1) is 14.4. The molecule has 0 fully saturated rings. The van der Waals surface area contributed by atoms with Gasteiger partial charge in [-0.15, -0.1) is 0 Å². The summed E-state index contributed by atoms with van der Waals surface area (Å²) in [5, 5.41) is 0.652. The smallest absolute Gasteiger partial charge is 0.336 e. The van der Waals surface area contributed by atoms with Crippen LogP contribution in [-0.2, 0) is 25.5 Å². The number of ether oxygens (including phenoxy) is 2. The Hall–Kier alpha value is -3.12. The number of esters is 2. The number of halogens is 2. The van der Waals surface area contributed by atoms with Crippen molar-refractivity contribution in [1.82, 2.24) is 4.90 Å². The van der Waals surface area contributed by atoms with E-state index in [0.717, 1.165) is 5.56 Å². The van der Waals surface area contributed by atoms with Crippen LogP contribution in [0.4, 0.5) is 4.39 Å². The molecule has 7 heteroatoms. The van der Waals surface area contributed by atoms with E-state index in [4.69, 9.17) is 21.1 Å². The topological polar surface area (TPSA) is 55.8 Å². The lowest BCUT2D eigenvalue weighted by atomic mass is 9.83. The summed E-state index contributed by atoms with van der Waals surface area (Å²) >= 11 is 5.93. The van der Waals surface area contributed by atoms with Crippen LogP contribution in [0.2, 0.25) is 5.02 Å². The van der Waals surface area contributed by atoms with E-state index < -0.39 is 23.7 Å². The molecule has 0 amide bonds. The van der Waals surface area contributed by atoms with Crippen molar-refractivity contribution in [2.75, 3.05) is 20.8 Å². The molecule has 1 aliphatic heterocycles. The molecule has 2 aromatic rings. The third-order valence-corrected chi connectivity index (χ3v) is 5.10. The highest BCUT2D eigenvalue weighted by Crippen LogP contribution is 2.37. The number of carbonyl (C=O) groups excluding carboxylic acids is 2. The van der Waals surface area contributed by atoms with E-state index in [2.05, 4.69) is 0 Å². The summed E-state index contributed by atoms with van der Waals surface area (Å²) in [6.07, 6.45) is 3.97. The van der Waals surface area contributed by atoms with Crippen molar-refractivity contribution in [3.63, 3.8) is 0 Å². The van der Waals surface area contributed by atoms with Gasteiger partial charge < -0.3 is 14.4 Å². The van der Waals surface area contributed by atoms with Gasteiger partial charge in [0, 0.05) is 24.0 Å². The molecule has 0 N–H and O–H groups in total. The van der Waals surface area contributed by atoms with Gasteiger partial charge in [-0.2, -0.15) is 0 Å². The second kappa shape index (κ2) is 9.59. The molecule has 0 radical (unpaired) electrons. The van der Waals surface area contributed by atoms with Crippen molar-refractivity contribution in [2.45, 2.75) is 12.3 Å². The van der Waals surface area contributed by atoms with Crippen molar-refractivity contribution >= 4 is 23.5 Å². The van der Waals surface area contributed by atoms with Crippen molar-refractivity contribution in [1.29, 1.82) is 0 Å². The molecule has 3 rings (SSSR count). The molecule has 0 saturated heterocycles. The molecule has 2 aromatic carbocycles. The highest BCUT2D eigenvalue weighted by Gasteiger charge is 2.35. The van der Waals surface area contributed by atoms with Crippen LogP contribution in [0.5, 0.6) is 0 Å². The summed E-state index contributed by atoms with van der Waals surface area (Å²) in [4.78, 5) is 26.8. The first kappa shape index (κ1) is 21.6. The first-order valence-corrected chi connectivity index (χ1v) is 9.66. The second-order valence-electron chi connectivity index (χ2n) is 6.75. The quantitative estimate of drug-likeness (QED) is 0.643. The molecule has 0 spiro atoms. The van der Waals surface area contributed by atoms with Gasteiger partial charge in [-0.1, -0.05) is 35.9 Å². The Kier molecular flexibility index (Phi) is 6.90. The van der Waals surface area contributed by atoms with Gasteiger partial charge in [0.1, 0.15) is 5.82 Å². The lowest BCUT2D eigenvalue weighted by molar-refractivity contribution is -0.137. The average Bonchev–Trinajstić information content (AvgIpc) is 2.77. The SMILES string of the molecule is COC(=O)C1=CN(CCc2ccc(Cl)cc2)C=C(C(=O)OC)C1c1ccc(F)cc1. The highest BCUT2D eigenvalue weighted by molar-refractivity contribution is 6.30. The minimum atomic E-state index is -0.725. The van der Waals surface area contributed by atoms with Gasteiger partial charge in [0.25, 0.3) is 0 Å². The van der Waals surface area contributed by atoms with Crippen LogP contribution in [0, 0.1) is 5.82 Å². The zero-order valence-corrected chi connectivity index (χ0v) is 17.4. The molecule has 0 saturated carbocycles. The van der Waals surface area contributed by atoms with E-state index in [0.29, 0.717) is 23.6 Å². The third kappa shape index (κ3) is 4.89. The van der Waals surface area contributed by atoms with Gasteiger partial charge in [0.15, 0.2) is 0 Å². The van der Waals surface area contributed by atoms with Crippen LogP contribution in [0.3, 0.4) is 0 Å². The number of hydrogen-bond acceptors (Lipinski definition) is 5. The summed E-state index contributed by atoms with van der Waals surface area (Å²) < 4.78 is 23.3. The fourth-order valence-corrected chi connectivity index (χ4v) is 3.47. The number of carbonyl (C=O) groups is 2. The lowest BCUT2D eigenvalue weighted by Gasteiger charge is -2.30. The Morgan fingerprint density at radius 1 is 0.933 bits per heavy atom. The fourth-order valence-electron chi connectivity index (χ4n) is 3.34. The maximum Gasteiger partial charge on any atom is 0.336 e. The van der Waals surface area contributed by atoms with Crippen LogP contribution < -0.4 is 0 Å². The van der Waals surface area contributed by atoms with Crippen molar-refractivity contribution in [3.05, 3.63) is 94.0 Å². The zero-order chi connectivity index (χ0) is 21.7. The molecule has 156 valence electrons. The number of nitrogens with zero attached hydrogens (tertiary/aromatic N) is 1. The maximum atomic E-state index is 13.4. The van der Waals surface area contributed by atoms with Gasteiger partial charge in [-0.25, -0.2) is 14.0 Å².